The average molecular weight is 341 g/mol. The van der Waals surface area contributed by atoms with Gasteiger partial charge in [0.25, 0.3) is 0 Å². The van der Waals surface area contributed by atoms with E-state index in [1.54, 1.807) is 13.1 Å². The summed E-state index contributed by atoms with van der Waals surface area (Å²) in [5.41, 5.74) is 1.64. The molecule has 7 heteroatoms. The molecule has 122 valence electrons. The van der Waals surface area contributed by atoms with Crippen LogP contribution in [0.15, 0.2) is 57.8 Å². The van der Waals surface area contributed by atoms with E-state index in [9.17, 15) is 13.7 Å². The zero-order valence-corrected chi connectivity index (χ0v) is 13.7. The number of furan rings is 1. The van der Waals surface area contributed by atoms with Gasteiger partial charge in [0, 0.05) is 12.4 Å². The van der Waals surface area contributed by atoms with Crippen molar-refractivity contribution in [1.82, 2.24) is 0 Å². The van der Waals surface area contributed by atoms with Gasteiger partial charge in [-0.1, -0.05) is 18.2 Å². The normalized spacial score (nSPS) is 11.4. The lowest BCUT2D eigenvalue weighted by atomic mass is 10.1. The van der Waals surface area contributed by atoms with Crippen molar-refractivity contribution in [2.45, 2.75) is 11.4 Å². The van der Waals surface area contributed by atoms with Gasteiger partial charge in [-0.05, 0) is 30.3 Å². The molecule has 3 rings (SSSR count). The van der Waals surface area contributed by atoms with Crippen molar-refractivity contribution in [1.29, 1.82) is 5.26 Å². The molecular weight excluding hydrogens is 326 g/mol. The number of fused-ring (bicyclic) bond motifs is 1. The Kier molecular flexibility index (Phi) is 4.01. The molecule has 0 aliphatic heterocycles. The standard InChI is InChI=1S/C17H15N3O3S/c1-20(11-14-8-12-4-2-3-5-17(12)23-14)16-7-6-15(24(19,21)22)9-13(16)10-18/h2-9H,11H2,1H3,(H2,19,21,22). The molecule has 0 saturated carbocycles. The molecule has 6 nitrogen and oxygen atoms in total. The number of hydrogen-bond donors (Lipinski definition) is 1. The Hall–Kier alpha value is -2.82. The maximum Gasteiger partial charge on any atom is 0.238 e. The number of primary sulfonamides is 1. The SMILES string of the molecule is CN(Cc1cc2ccccc2o1)c1ccc(S(N)(=O)=O)cc1C#N. The molecular formula is C17H15N3O3S. The van der Waals surface area contributed by atoms with E-state index < -0.39 is 10.0 Å². The summed E-state index contributed by atoms with van der Waals surface area (Å²) in [6.45, 7) is 0.443. The first-order chi connectivity index (χ1) is 11.4. The summed E-state index contributed by atoms with van der Waals surface area (Å²) < 4.78 is 28.6. The molecule has 0 spiro atoms. The van der Waals surface area contributed by atoms with E-state index >= 15 is 0 Å². The Balaban J connectivity index is 1.92. The second kappa shape index (κ2) is 6.00. The lowest BCUT2D eigenvalue weighted by Crippen LogP contribution is -2.18. The molecule has 0 radical (unpaired) electrons. The van der Waals surface area contributed by atoms with Crippen molar-refractivity contribution >= 4 is 26.7 Å². The maximum atomic E-state index is 11.4. The van der Waals surface area contributed by atoms with E-state index in [-0.39, 0.29) is 10.5 Å². The second-order valence-electron chi connectivity index (χ2n) is 5.44. The van der Waals surface area contributed by atoms with Crippen molar-refractivity contribution in [2.24, 2.45) is 5.14 Å². The maximum absolute atomic E-state index is 11.4. The first-order valence-electron chi connectivity index (χ1n) is 7.14. The number of benzene rings is 2. The number of rotatable bonds is 4. The number of anilines is 1. The van der Waals surface area contributed by atoms with E-state index in [1.165, 1.54) is 12.1 Å². The van der Waals surface area contributed by atoms with Crippen LogP contribution in [0.4, 0.5) is 5.69 Å². The van der Waals surface area contributed by atoms with E-state index in [0.29, 0.717) is 12.2 Å². The highest BCUT2D eigenvalue weighted by Crippen LogP contribution is 2.25. The fourth-order valence-corrected chi connectivity index (χ4v) is 3.09. The van der Waals surface area contributed by atoms with Gasteiger partial charge in [0.2, 0.25) is 10.0 Å². The number of para-hydroxylation sites is 1. The number of nitrogens with two attached hydrogens (primary N) is 1. The minimum Gasteiger partial charge on any atom is -0.459 e. The largest absolute Gasteiger partial charge is 0.459 e. The van der Waals surface area contributed by atoms with Gasteiger partial charge in [0.05, 0.1) is 22.7 Å². The predicted molar refractivity (Wildman–Crippen MR) is 90.9 cm³/mol. The van der Waals surface area contributed by atoms with E-state index in [1.807, 2.05) is 41.3 Å². The summed E-state index contributed by atoms with van der Waals surface area (Å²) in [4.78, 5) is 1.74. The molecule has 0 atom stereocenters. The molecule has 0 bridgehead atoms. The summed E-state index contributed by atoms with van der Waals surface area (Å²) in [5, 5.41) is 15.4. The molecule has 0 fully saturated rings. The van der Waals surface area contributed by atoms with Crippen LogP contribution in [0.3, 0.4) is 0 Å². The van der Waals surface area contributed by atoms with Gasteiger partial charge in [0.1, 0.15) is 17.4 Å². The smallest absolute Gasteiger partial charge is 0.238 e. The molecule has 0 aliphatic carbocycles. The third-order valence-electron chi connectivity index (χ3n) is 3.70. The highest BCUT2D eigenvalue weighted by atomic mass is 32.2. The minimum atomic E-state index is -3.84. The summed E-state index contributed by atoms with van der Waals surface area (Å²) in [7, 11) is -2.04. The molecule has 2 aromatic carbocycles. The van der Waals surface area contributed by atoms with Crippen LogP contribution in [0.5, 0.6) is 0 Å². The Morgan fingerprint density at radius 2 is 1.96 bits per heavy atom. The number of nitriles is 1. The molecule has 1 aromatic heterocycles. The lowest BCUT2D eigenvalue weighted by Gasteiger charge is -2.19. The van der Waals surface area contributed by atoms with Crippen LogP contribution >= 0.6 is 0 Å². The Bertz CT molecular complexity index is 1020. The molecule has 24 heavy (non-hydrogen) atoms. The zero-order chi connectivity index (χ0) is 17.3. The monoisotopic (exact) mass is 341 g/mol. The fourth-order valence-electron chi connectivity index (χ4n) is 2.55. The van der Waals surface area contributed by atoms with Gasteiger partial charge in [0.15, 0.2) is 0 Å². The first-order valence-corrected chi connectivity index (χ1v) is 8.68. The molecule has 0 unspecified atom stereocenters. The molecule has 3 aromatic rings. The molecule has 2 N–H and O–H groups in total. The second-order valence-corrected chi connectivity index (χ2v) is 7.00. The average Bonchev–Trinajstić information content (AvgIpc) is 2.95. The summed E-state index contributed by atoms with van der Waals surface area (Å²) >= 11 is 0. The quantitative estimate of drug-likeness (QED) is 0.786. The van der Waals surface area contributed by atoms with Crippen LogP contribution in [0.1, 0.15) is 11.3 Å². The number of hydrogen-bond acceptors (Lipinski definition) is 5. The van der Waals surface area contributed by atoms with E-state index in [0.717, 1.165) is 16.7 Å². The van der Waals surface area contributed by atoms with Gasteiger partial charge >= 0.3 is 0 Å². The molecule has 1 heterocycles. The van der Waals surface area contributed by atoms with Crippen LogP contribution in [-0.2, 0) is 16.6 Å². The van der Waals surface area contributed by atoms with Crippen molar-refractivity contribution < 1.29 is 12.8 Å². The van der Waals surface area contributed by atoms with Gasteiger partial charge in [-0.15, -0.1) is 0 Å². The van der Waals surface area contributed by atoms with Crippen molar-refractivity contribution in [3.8, 4) is 6.07 Å². The highest BCUT2D eigenvalue weighted by molar-refractivity contribution is 7.89. The summed E-state index contributed by atoms with van der Waals surface area (Å²) in [6.07, 6.45) is 0. The Morgan fingerprint density at radius 1 is 1.21 bits per heavy atom. The predicted octanol–water partition coefficient (Wildman–Crippen LogP) is 2.59. The molecule has 0 saturated heterocycles. The number of sulfonamides is 1. The van der Waals surface area contributed by atoms with Crippen LogP contribution in [-0.4, -0.2) is 15.5 Å². The van der Waals surface area contributed by atoms with Crippen molar-refractivity contribution in [2.75, 3.05) is 11.9 Å². The lowest BCUT2D eigenvalue weighted by molar-refractivity contribution is 0.546. The fraction of sp³-hybridized carbons (Fsp3) is 0.118. The van der Waals surface area contributed by atoms with Gasteiger partial charge < -0.3 is 9.32 Å². The minimum absolute atomic E-state index is 0.0834. The van der Waals surface area contributed by atoms with Crippen LogP contribution in [0.25, 0.3) is 11.0 Å². The third-order valence-corrected chi connectivity index (χ3v) is 4.61. The number of nitrogens with zero attached hydrogens (tertiary/aromatic N) is 2. The van der Waals surface area contributed by atoms with Crippen molar-refractivity contribution in [3.63, 3.8) is 0 Å². The van der Waals surface area contributed by atoms with E-state index in [2.05, 4.69) is 0 Å². The Labute approximate surface area is 139 Å². The van der Waals surface area contributed by atoms with Gasteiger partial charge in [-0.2, -0.15) is 5.26 Å². The summed E-state index contributed by atoms with van der Waals surface area (Å²) in [6, 6.07) is 15.9. The van der Waals surface area contributed by atoms with Crippen molar-refractivity contribution in [3.05, 3.63) is 59.9 Å². The first kappa shape index (κ1) is 16.1. The van der Waals surface area contributed by atoms with Crippen LogP contribution in [0.2, 0.25) is 0 Å². The summed E-state index contributed by atoms with van der Waals surface area (Å²) in [5.74, 6) is 0.748. The Morgan fingerprint density at radius 3 is 2.62 bits per heavy atom. The molecule has 0 aliphatic rings. The van der Waals surface area contributed by atoms with Crippen LogP contribution in [0, 0.1) is 11.3 Å². The third kappa shape index (κ3) is 3.11. The van der Waals surface area contributed by atoms with E-state index in [4.69, 9.17) is 9.56 Å². The van der Waals surface area contributed by atoms with Gasteiger partial charge in [-0.25, -0.2) is 13.6 Å². The highest BCUT2D eigenvalue weighted by Gasteiger charge is 2.15. The van der Waals surface area contributed by atoms with Gasteiger partial charge in [-0.3, -0.25) is 0 Å². The molecule has 0 amide bonds. The topological polar surface area (TPSA) is 100 Å². The zero-order valence-electron chi connectivity index (χ0n) is 12.9. The van der Waals surface area contributed by atoms with Crippen LogP contribution < -0.4 is 10.0 Å².